The van der Waals surface area contributed by atoms with E-state index in [1.807, 2.05) is 24.3 Å². The molecule has 184 valence electrons. The van der Waals surface area contributed by atoms with Crippen LogP contribution < -0.4 is 9.80 Å². The summed E-state index contributed by atoms with van der Waals surface area (Å²) < 4.78 is 0. The van der Waals surface area contributed by atoms with Gasteiger partial charge in [0.05, 0.1) is 11.4 Å². The van der Waals surface area contributed by atoms with Gasteiger partial charge in [-0.15, -0.1) is 0 Å². The van der Waals surface area contributed by atoms with E-state index < -0.39 is 0 Å². The van der Waals surface area contributed by atoms with Crippen LogP contribution in [0.1, 0.15) is 42.0 Å². The van der Waals surface area contributed by atoms with Crippen molar-refractivity contribution in [3.05, 3.63) is 119 Å². The average molecular weight is 491 g/mol. The quantitative estimate of drug-likeness (QED) is 0.348. The number of rotatable bonds is 7. The zero-order valence-electron chi connectivity index (χ0n) is 20.6. The third-order valence-electron chi connectivity index (χ3n) is 6.54. The lowest BCUT2D eigenvalue weighted by atomic mass is 9.84. The predicted molar refractivity (Wildman–Crippen MR) is 142 cm³/mol. The number of benzene rings is 3. The van der Waals surface area contributed by atoms with Crippen molar-refractivity contribution in [3.63, 3.8) is 0 Å². The molecule has 0 fully saturated rings. The maximum Gasteiger partial charge on any atom is 0.258 e. The molecule has 0 aromatic heterocycles. The molecule has 0 bridgehead atoms. The molecule has 0 atom stereocenters. The summed E-state index contributed by atoms with van der Waals surface area (Å²) in [5.41, 5.74) is 5.34. The molecule has 0 spiro atoms. The molecule has 0 unspecified atom stereocenters. The van der Waals surface area contributed by atoms with Crippen molar-refractivity contribution < 1.29 is 19.2 Å². The highest BCUT2D eigenvalue weighted by atomic mass is 16.2. The number of hydrogen-bond donors (Lipinski definition) is 0. The van der Waals surface area contributed by atoms with Crippen LogP contribution in [0.25, 0.3) is 0 Å². The molecule has 4 amide bonds. The summed E-state index contributed by atoms with van der Waals surface area (Å²) in [6, 6.07) is 23.3. The van der Waals surface area contributed by atoms with E-state index in [0.717, 1.165) is 32.9 Å². The fourth-order valence-corrected chi connectivity index (χ4v) is 4.84. The largest absolute Gasteiger partial charge is 0.269 e. The van der Waals surface area contributed by atoms with Gasteiger partial charge in [0.15, 0.2) is 0 Å². The van der Waals surface area contributed by atoms with E-state index in [0.29, 0.717) is 17.3 Å². The topological polar surface area (TPSA) is 74.8 Å². The van der Waals surface area contributed by atoms with Gasteiger partial charge in [-0.2, -0.15) is 0 Å². The zero-order chi connectivity index (χ0) is 26.1. The number of nitrogens with zero attached hydrogens (tertiary/aromatic N) is 2. The molecule has 0 aliphatic carbocycles. The second-order valence-electron chi connectivity index (χ2n) is 9.65. The van der Waals surface area contributed by atoms with Gasteiger partial charge in [0.25, 0.3) is 23.6 Å². The van der Waals surface area contributed by atoms with Crippen molar-refractivity contribution in [3.8, 4) is 0 Å². The lowest BCUT2D eigenvalue weighted by molar-refractivity contribution is -0.121. The summed E-state index contributed by atoms with van der Waals surface area (Å²) >= 11 is 0. The minimum atomic E-state index is -0.355. The van der Waals surface area contributed by atoms with Crippen molar-refractivity contribution in [2.75, 3.05) is 9.80 Å². The molecular formula is C31H26N2O4. The molecule has 6 nitrogen and oxygen atoms in total. The first kappa shape index (κ1) is 24.1. The summed E-state index contributed by atoms with van der Waals surface area (Å²) in [5, 5.41) is 0. The Labute approximate surface area is 215 Å². The van der Waals surface area contributed by atoms with Crippen molar-refractivity contribution in [1.29, 1.82) is 0 Å². The minimum absolute atomic E-state index is 0.137. The number of hydrogen-bond acceptors (Lipinski definition) is 4. The van der Waals surface area contributed by atoms with E-state index in [-0.39, 0.29) is 29.5 Å². The Bertz CT molecular complexity index is 1310. The average Bonchev–Trinajstić information content (AvgIpc) is 3.40. The maximum atomic E-state index is 12.1. The zero-order valence-corrected chi connectivity index (χ0v) is 20.6. The van der Waals surface area contributed by atoms with Crippen molar-refractivity contribution in [2.45, 2.75) is 26.2 Å². The lowest BCUT2D eigenvalue weighted by Crippen LogP contribution is -2.29. The van der Waals surface area contributed by atoms with Gasteiger partial charge < -0.3 is 0 Å². The highest BCUT2D eigenvalue weighted by Crippen LogP contribution is 2.35. The molecule has 0 saturated carbocycles. The van der Waals surface area contributed by atoms with Crippen LogP contribution in [-0.4, -0.2) is 23.6 Å². The molecule has 2 heterocycles. The molecule has 6 heteroatoms. The molecule has 3 aromatic carbocycles. The Hall–Kier alpha value is -4.58. The molecule has 0 saturated heterocycles. The Morgan fingerprint density at radius 3 is 1.16 bits per heavy atom. The predicted octanol–water partition coefficient (Wildman–Crippen LogP) is 4.92. The standard InChI is InChI=1S/C31H26N2O4/c1-20(2)19-21-3-5-22(6-4-21)31(23-7-11-25(12-8-23)32-27(34)15-16-28(32)35)24-9-13-26(14-10-24)33-29(36)17-18-30(33)37/h3-18,20,31H,19H2,1-2H3. The van der Waals surface area contributed by atoms with E-state index in [1.165, 1.54) is 29.9 Å². The normalized spacial score (nSPS) is 15.2. The van der Waals surface area contributed by atoms with Crippen LogP contribution >= 0.6 is 0 Å². The van der Waals surface area contributed by atoms with Gasteiger partial charge in [0.2, 0.25) is 0 Å². The van der Waals surface area contributed by atoms with Gasteiger partial charge in [-0.3, -0.25) is 19.2 Å². The number of anilines is 2. The Morgan fingerprint density at radius 1 is 0.514 bits per heavy atom. The van der Waals surface area contributed by atoms with Crippen LogP contribution in [-0.2, 0) is 25.6 Å². The fourth-order valence-electron chi connectivity index (χ4n) is 4.84. The highest BCUT2D eigenvalue weighted by Gasteiger charge is 2.27. The minimum Gasteiger partial charge on any atom is -0.269 e. The van der Waals surface area contributed by atoms with Gasteiger partial charge in [0, 0.05) is 30.2 Å². The number of carbonyl (C=O) groups is 4. The second-order valence-corrected chi connectivity index (χ2v) is 9.65. The summed E-state index contributed by atoms with van der Waals surface area (Å²) in [6.45, 7) is 4.38. The van der Waals surface area contributed by atoms with Crippen LogP contribution in [0.2, 0.25) is 0 Å². The van der Waals surface area contributed by atoms with Gasteiger partial charge in [-0.05, 0) is 58.9 Å². The van der Waals surface area contributed by atoms with Crippen LogP contribution in [0.3, 0.4) is 0 Å². The van der Waals surface area contributed by atoms with E-state index in [4.69, 9.17) is 0 Å². The number of imide groups is 2. The molecule has 3 aromatic rings. The first-order valence-electron chi connectivity index (χ1n) is 12.2. The molecule has 5 rings (SSSR count). The van der Waals surface area contributed by atoms with Crippen molar-refractivity contribution >= 4 is 35.0 Å². The van der Waals surface area contributed by atoms with Crippen LogP contribution in [0.15, 0.2) is 97.1 Å². The molecule has 2 aliphatic heterocycles. The van der Waals surface area contributed by atoms with E-state index in [9.17, 15) is 19.2 Å². The first-order valence-corrected chi connectivity index (χ1v) is 12.2. The third kappa shape index (κ3) is 4.78. The summed E-state index contributed by atoms with van der Waals surface area (Å²) in [6.07, 6.45) is 6.07. The Morgan fingerprint density at radius 2 is 0.838 bits per heavy atom. The first-order chi connectivity index (χ1) is 17.8. The third-order valence-corrected chi connectivity index (χ3v) is 6.54. The van der Waals surface area contributed by atoms with Gasteiger partial charge in [0.1, 0.15) is 0 Å². The molecule has 0 radical (unpaired) electrons. The van der Waals surface area contributed by atoms with E-state index in [1.54, 1.807) is 24.3 Å². The molecule has 2 aliphatic rings. The van der Waals surface area contributed by atoms with Crippen LogP contribution in [0.5, 0.6) is 0 Å². The fraction of sp³-hybridized carbons (Fsp3) is 0.161. The van der Waals surface area contributed by atoms with E-state index in [2.05, 4.69) is 38.1 Å². The summed E-state index contributed by atoms with van der Waals surface area (Å²) in [7, 11) is 0. The van der Waals surface area contributed by atoms with Crippen LogP contribution in [0, 0.1) is 5.92 Å². The Balaban J connectivity index is 1.50. The van der Waals surface area contributed by atoms with Crippen LogP contribution in [0.4, 0.5) is 11.4 Å². The summed E-state index contributed by atoms with van der Waals surface area (Å²) in [5.74, 6) is -1.00. The number of carbonyl (C=O) groups excluding carboxylic acids is 4. The van der Waals surface area contributed by atoms with Crippen molar-refractivity contribution in [1.82, 2.24) is 0 Å². The molecule has 0 N–H and O–H groups in total. The van der Waals surface area contributed by atoms with Gasteiger partial charge >= 0.3 is 0 Å². The monoisotopic (exact) mass is 490 g/mol. The molecular weight excluding hydrogens is 464 g/mol. The smallest absolute Gasteiger partial charge is 0.258 e. The lowest BCUT2D eigenvalue weighted by Gasteiger charge is -2.22. The SMILES string of the molecule is CC(C)Cc1ccc(C(c2ccc(N3C(=O)C=CC3=O)cc2)c2ccc(N3C(=O)C=CC3=O)cc2)cc1. The van der Waals surface area contributed by atoms with Crippen molar-refractivity contribution in [2.24, 2.45) is 5.92 Å². The Kier molecular flexibility index (Phi) is 6.40. The van der Waals surface area contributed by atoms with E-state index >= 15 is 0 Å². The summed E-state index contributed by atoms with van der Waals surface area (Å²) in [4.78, 5) is 50.7. The van der Waals surface area contributed by atoms with Gasteiger partial charge in [-0.1, -0.05) is 62.4 Å². The number of amides is 4. The maximum absolute atomic E-state index is 12.1. The highest BCUT2D eigenvalue weighted by molar-refractivity contribution is 6.28. The van der Waals surface area contributed by atoms with Gasteiger partial charge in [-0.25, -0.2) is 9.80 Å². The second kappa shape index (κ2) is 9.82. The molecule has 37 heavy (non-hydrogen) atoms.